The van der Waals surface area contributed by atoms with Gasteiger partial charge in [-0.2, -0.15) is 0 Å². The minimum Gasteiger partial charge on any atom is -0.297 e. The molecule has 2 unspecified atom stereocenters. The highest BCUT2D eigenvalue weighted by Crippen LogP contribution is 2.64. The number of carbonyl (C=O) groups is 2. The van der Waals surface area contributed by atoms with E-state index in [1.165, 1.54) is 206 Å². The third-order valence-corrected chi connectivity index (χ3v) is 27.0. The number of carbonyl (C=O) groups excluding carboxylic acids is 2. The van der Waals surface area contributed by atoms with Gasteiger partial charge in [-0.25, -0.2) is 0 Å². The zero-order valence-corrected chi connectivity index (χ0v) is 52.6. The Balaban J connectivity index is 1.11. The fourth-order valence-electron chi connectivity index (χ4n) is 10.4. The van der Waals surface area contributed by atoms with Crippen LogP contribution in [0.15, 0.2) is 90.4 Å². The number of rotatable bonds is 33. The van der Waals surface area contributed by atoms with Crippen LogP contribution in [0.1, 0.15) is 202 Å². The summed E-state index contributed by atoms with van der Waals surface area (Å²) < 4.78 is 4.03. The second-order valence-corrected chi connectivity index (χ2v) is 32.2. The van der Waals surface area contributed by atoms with Gasteiger partial charge in [0.2, 0.25) is 0 Å². The largest absolute Gasteiger partial charge is 0.297 e. The second-order valence-electron chi connectivity index (χ2n) is 20.1. The average Bonchev–Trinajstić information content (AvgIpc) is 4.31. The Bertz CT molecular complexity index is 2870. The number of aryl methyl sites for hydroxylation is 4. The van der Waals surface area contributed by atoms with Crippen LogP contribution in [0.3, 0.4) is 0 Å². The second kappa shape index (κ2) is 29.5. The van der Waals surface area contributed by atoms with E-state index in [0.29, 0.717) is 0 Å². The van der Waals surface area contributed by atoms with Crippen molar-refractivity contribution in [3.63, 3.8) is 0 Å². The first-order valence-corrected chi connectivity index (χ1v) is 36.6. The number of hydrogen-bond donors (Lipinski definition) is 0. The van der Waals surface area contributed by atoms with Gasteiger partial charge in [0.05, 0.1) is 13.3 Å². The third kappa shape index (κ3) is 15.1. The van der Waals surface area contributed by atoms with Crippen molar-refractivity contribution < 1.29 is 9.59 Å². The summed E-state index contributed by atoms with van der Waals surface area (Å²) in [5.74, 6) is 2.89. The molecule has 0 bridgehead atoms. The fourth-order valence-corrected chi connectivity index (χ4v) is 22.4. The van der Waals surface area contributed by atoms with Crippen LogP contribution < -0.4 is 0 Å². The molecule has 1 aromatic carbocycles. The van der Waals surface area contributed by atoms with Gasteiger partial charge < -0.3 is 0 Å². The van der Waals surface area contributed by atoms with Crippen LogP contribution in [-0.4, -0.2) is 12.6 Å². The van der Waals surface area contributed by atoms with Crippen molar-refractivity contribution in [1.29, 1.82) is 0 Å². The monoisotopic (exact) mass is 1180 g/mol. The van der Waals surface area contributed by atoms with E-state index in [-0.39, 0.29) is 11.2 Å². The highest BCUT2D eigenvalue weighted by atomic mass is 32.2. The molecule has 1 aliphatic heterocycles. The maximum absolute atomic E-state index is 12.8. The van der Waals surface area contributed by atoms with E-state index in [4.69, 9.17) is 0 Å². The summed E-state index contributed by atoms with van der Waals surface area (Å²) in [6.45, 7) is 9.15. The summed E-state index contributed by atoms with van der Waals surface area (Å²) in [4.78, 5) is 38.6. The van der Waals surface area contributed by atoms with Crippen LogP contribution in [-0.2, 0) is 47.7 Å². The van der Waals surface area contributed by atoms with Gasteiger partial charge >= 0.3 is 0 Å². The predicted octanol–water partition coefficient (Wildman–Crippen LogP) is 22.8. The molecule has 0 N–H and O–H groups in total. The molecule has 2 atom stereocenters. The number of aldehydes is 2. The van der Waals surface area contributed by atoms with E-state index in [1.54, 1.807) is 23.1 Å². The Morgan fingerprint density at radius 3 is 1.48 bits per heavy atom. The van der Waals surface area contributed by atoms with E-state index < -0.39 is 0 Å². The molecule has 0 spiro atoms. The number of allylic oxidation sites excluding steroid dienone is 3. The van der Waals surface area contributed by atoms with Crippen LogP contribution in [0, 0.1) is 5.92 Å². The normalized spacial score (nSPS) is 16.1. The van der Waals surface area contributed by atoms with Crippen molar-refractivity contribution in [2.24, 2.45) is 5.92 Å². The minimum absolute atomic E-state index is 0.110. The predicted molar refractivity (Wildman–Crippen MR) is 344 cm³/mol. The summed E-state index contributed by atoms with van der Waals surface area (Å²) in [7, 11) is 0. The van der Waals surface area contributed by atoms with Crippen molar-refractivity contribution in [3.8, 4) is 10.4 Å². The molecule has 0 saturated heterocycles. The van der Waals surface area contributed by atoms with Gasteiger partial charge in [0.1, 0.15) is 0 Å². The Morgan fingerprint density at radius 2 is 0.973 bits per heavy atom. The number of benzene rings is 1. The quantitative estimate of drug-likeness (QED) is 0.0230. The fraction of sp³-hybridized carbons (Fsp3) is 0.460. The zero-order chi connectivity index (χ0) is 51.9. The zero-order valence-electron chi connectivity index (χ0n) is 44.4. The van der Waals surface area contributed by atoms with Gasteiger partial charge in [-0.15, -0.1) is 104 Å². The van der Waals surface area contributed by atoms with Gasteiger partial charge in [-0.3, -0.25) is 9.59 Å². The van der Waals surface area contributed by atoms with Crippen LogP contribution in [0.25, 0.3) is 21.6 Å². The SMILES string of the molecule is CCCCCCc1ccc(CSC(SCc2ccc(CCCCCC)s2)=C2c3cc4c(cc3C3SC(C=O)=CC23)/C(=C(/SCc2ccc(CCCCCC)s2)Sc2ccc(CCCCCC)s2)c2cc(C=O)sc2-4)s1. The number of unbranched alkanes of at least 4 members (excludes halogenated alkanes) is 12. The van der Waals surface area contributed by atoms with Crippen LogP contribution in [0.5, 0.6) is 0 Å². The van der Waals surface area contributed by atoms with Gasteiger partial charge in [-0.05, 0) is 140 Å². The minimum atomic E-state index is 0.110. The maximum atomic E-state index is 12.8. The molecule has 2 nitrogen and oxygen atoms in total. The molecule has 6 aromatic rings. The molecular weight excluding hydrogens is 1110 g/mol. The Hall–Kier alpha value is -1.97. The lowest BCUT2D eigenvalue weighted by Crippen LogP contribution is -1.97. The van der Waals surface area contributed by atoms with Crippen LogP contribution in [0.2, 0.25) is 0 Å². The topological polar surface area (TPSA) is 34.1 Å². The van der Waals surface area contributed by atoms with Crippen molar-refractivity contribution in [2.45, 2.75) is 183 Å². The molecule has 12 heteroatoms. The molecule has 9 rings (SSSR count). The lowest BCUT2D eigenvalue weighted by molar-refractivity contribution is -0.104. The number of thiophene rings is 5. The Kier molecular flexibility index (Phi) is 22.7. The lowest BCUT2D eigenvalue weighted by atomic mass is 9.98. The maximum Gasteiger partial charge on any atom is 0.160 e. The standard InChI is InChI=1S/C63H74O2S10/c1-5-9-13-17-21-42-25-28-46(69-42)39-66-62(67-40-47-29-26-43(70-47)22-18-14-10-6-2)58-51-35-54-52(36-53(51)60-55(58)33-49(37-64)73-60)59(56-34-50(38-65)74-61(54)56)63(75-57-32-31-45(72-57)24-20-16-12-8-4)68-41-48-30-27-44(71-48)23-19-15-11-7-3/h25-38,55,60H,5-24,39-41H2,1-4H3/b63-59+. The first-order chi connectivity index (χ1) is 36.9. The van der Waals surface area contributed by atoms with Gasteiger partial charge in [-0.1, -0.05) is 123 Å². The molecule has 2 aliphatic carbocycles. The first kappa shape index (κ1) is 57.7. The lowest BCUT2D eigenvalue weighted by Gasteiger charge is -2.16. The summed E-state index contributed by atoms with van der Waals surface area (Å²) in [5, 5.41) is 0.133. The molecule has 0 saturated carbocycles. The summed E-state index contributed by atoms with van der Waals surface area (Å²) in [6, 6.07) is 26.2. The molecule has 3 aliphatic rings. The van der Waals surface area contributed by atoms with Gasteiger partial charge in [0, 0.05) is 93.3 Å². The average molecular weight is 1180 g/mol. The number of hydrogen-bond acceptors (Lipinski definition) is 12. The van der Waals surface area contributed by atoms with E-state index in [2.05, 4.69) is 101 Å². The van der Waals surface area contributed by atoms with Crippen molar-refractivity contribution in [1.82, 2.24) is 0 Å². The van der Waals surface area contributed by atoms with Gasteiger partial charge in [0.25, 0.3) is 0 Å². The number of thioether (sulfide) groups is 5. The molecule has 0 fully saturated rings. The first-order valence-electron chi connectivity index (χ1n) is 27.9. The molecule has 398 valence electrons. The molecular formula is C63H74O2S10. The molecule has 0 radical (unpaired) electrons. The van der Waals surface area contributed by atoms with Gasteiger partial charge in [0.15, 0.2) is 12.6 Å². The molecule has 5 aromatic heterocycles. The van der Waals surface area contributed by atoms with Crippen LogP contribution in [0.4, 0.5) is 0 Å². The summed E-state index contributed by atoms with van der Waals surface area (Å²) in [5.41, 5.74) is 9.04. The molecule has 75 heavy (non-hydrogen) atoms. The third-order valence-electron chi connectivity index (χ3n) is 14.4. The van der Waals surface area contributed by atoms with Crippen molar-refractivity contribution in [2.75, 3.05) is 0 Å². The smallest absolute Gasteiger partial charge is 0.160 e. The summed E-state index contributed by atoms with van der Waals surface area (Å²) >= 11 is 19.3. The van der Waals surface area contributed by atoms with E-state index >= 15 is 0 Å². The van der Waals surface area contributed by atoms with E-state index in [0.717, 1.165) is 52.5 Å². The highest BCUT2D eigenvalue weighted by molar-refractivity contribution is 8.23. The Labute approximate surface area is 490 Å². The van der Waals surface area contributed by atoms with Crippen molar-refractivity contribution in [3.05, 3.63) is 147 Å². The molecule has 0 amide bonds. The summed E-state index contributed by atoms with van der Waals surface area (Å²) in [6.07, 6.45) is 29.6. The number of fused-ring (bicyclic) bond motifs is 6. The van der Waals surface area contributed by atoms with Crippen molar-refractivity contribution >= 4 is 139 Å². The van der Waals surface area contributed by atoms with Crippen LogP contribution >= 0.6 is 115 Å². The molecule has 6 heterocycles. The highest BCUT2D eigenvalue weighted by Gasteiger charge is 2.44. The van der Waals surface area contributed by atoms with E-state index in [9.17, 15) is 9.59 Å². The Morgan fingerprint density at radius 1 is 0.480 bits per heavy atom. The van der Waals surface area contributed by atoms with E-state index in [1.807, 2.05) is 92.4 Å².